The van der Waals surface area contributed by atoms with Crippen molar-refractivity contribution in [2.45, 2.75) is 13.8 Å². The van der Waals surface area contributed by atoms with E-state index in [2.05, 4.69) is 0 Å². The van der Waals surface area contributed by atoms with Crippen molar-refractivity contribution in [1.29, 1.82) is 0 Å². The average molecular weight is 157 g/mol. The van der Waals surface area contributed by atoms with Crippen LogP contribution in [0.1, 0.15) is 13.8 Å². The molecular weight excluding hydrogens is 146 g/mol. The summed E-state index contributed by atoms with van der Waals surface area (Å²) in [5, 5.41) is 8.41. The molecule has 0 aromatic rings. The zero-order valence-corrected chi connectivity index (χ0v) is 6.57. The van der Waals surface area contributed by atoms with Crippen LogP contribution in [0.25, 0.3) is 0 Å². The highest BCUT2D eigenvalue weighted by Gasteiger charge is 2.42. The van der Waals surface area contributed by atoms with Gasteiger partial charge in [-0.3, -0.25) is 4.79 Å². The number of rotatable bonds is 1. The molecule has 1 N–H and O–H groups in total. The Kier molecular flexibility index (Phi) is 1.85. The Morgan fingerprint density at radius 3 is 2.55 bits per heavy atom. The molecule has 0 spiro atoms. The first-order valence-corrected chi connectivity index (χ1v) is 3.58. The lowest BCUT2D eigenvalue weighted by atomic mass is 9.88. The smallest absolute Gasteiger partial charge is 0.414 e. The van der Waals surface area contributed by atoms with E-state index in [1.807, 2.05) is 13.8 Å². The van der Waals surface area contributed by atoms with Crippen molar-refractivity contribution in [3.8, 4) is 0 Å². The molecule has 0 aliphatic carbocycles. The quantitative estimate of drug-likeness (QED) is 0.572. The molecule has 1 saturated heterocycles. The van der Waals surface area contributed by atoms with Gasteiger partial charge in [0.25, 0.3) is 0 Å². The highest BCUT2D eigenvalue weighted by atomic mass is 16.4. The summed E-state index contributed by atoms with van der Waals surface area (Å²) in [6, 6.07) is 0. The average Bonchev–Trinajstić information content (AvgIpc) is 1.82. The summed E-state index contributed by atoms with van der Waals surface area (Å²) in [4.78, 5) is 22.1. The molecule has 1 aliphatic rings. The van der Waals surface area contributed by atoms with Gasteiger partial charge in [-0.15, -0.1) is 0 Å². The van der Waals surface area contributed by atoms with E-state index in [-0.39, 0.29) is 17.7 Å². The third kappa shape index (κ3) is 1.20. The van der Waals surface area contributed by atoms with Gasteiger partial charge in [0.2, 0.25) is 5.91 Å². The predicted octanol–water partition coefficient (Wildman–Crippen LogP) is 0.779. The molecule has 0 radical (unpaired) electrons. The molecule has 11 heavy (non-hydrogen) atoms. The molecule has 1 heterocycles. The lowest BCUT2D eigenvalue weighted by molar-refractivity contribution is -0.146. The van der Waals surface area contributed by atoms with E-state index < -0.39 is 6.09 Å². The van der Waals surface area contributed by atoms with Crippen LogP contribution in [0.15, 0.2) is 0 Å². The van der Waals surface area contributed by atoms with Crippen LogP contribution in [-0.2, 0) is 4.79 Å². The molecule has 1 unspecified atom stereocenters. The molecule has 1 aliphatic heterocycles. The van der Waals surface area contributed by atoms with Crippen molar-refractivity contribution in [1.82, 2.24) is 4.90 Å². The van der Waals surface area contributed by atoms with Crippen molar-refractivity contribution in [2.75, 3.05) is 6.54 Å². The minimum Gasteiger partial charge on any atom is -0.465 e. The second kappa shape index (κ2) is 2.53. The number of hydrogen-bond donors (Lipinski definition) is 1. The summed E-state index contributed by atoms with van der Waals surface area (Å²) < 4.78 is 0. The topological polar surface area (TPSA) is 57.6 Å². The van der Waals surface area contributed by atoms with Gasteiger partial charge >= 0.3 is 6.09 Å². The molecule has 0 bridgehead atoms. The Labute approximate surface area is 64.8 Å². The first-order valence-electron chi connectivity index (χ1n) is 3.58. The monoisotopic (exact) mass is 157 g/mol. The Hall–Kier alpha value is -1.06. The van der Waals surface area contributed by atoms with E-state index in [9.17, 15) is 9.59 Å². The van der Waals surface area contributed by atoms with Crippen molar-refractivity contribution in [2.24, 2.45) is 11.8 Å². The Morgan fingerprint density at radius 2 is 2.27 bits per heavy atom. The van der Waals surface area contributed by atoms with E-state index in [1.165, 1.54) is 0 Å². The van der Waals surface area contributed by atoms with E-state index >= 15 is 0 Å². The molecule has 1 rings (SSSR count). The minimum absolute atomic E-state index is 0.0777. The molecule has 4 nitrogen and oxygen atoms in total. The number of amides is 2. The third-order valence-electron chi connectivity index (χ3n) is 2.00. The van der Waals surface area contributed by atoms with Gasteiger partial charge in [0.1, 0.15) is 0 Å². The fourth-order valence-electron chi connectivity index (χ4n) is 1.12. The van der Waals surface area contributed by atoms with Gasteiger partial charge in [0.15, 0.2) is 0 Å². The van der Waals surface area contributed by atoms with Crippen LogP contribution in [-0.4, -0.2) is 28.6 Å². The van der Waals surface area contributed by atoms with E-state index in [1.54, 1.807) is 0 Å². The number of carbonyl (C=O) groups excluding carboxylic acids is 1. The van der Waals surface area contributed by atoms with Crippen molar-refractivity contribution in [3.63, 3.8) is 0 Å². The Bertz CT molecular complexity index is 200. The normalized spacial score (nSPS) is 23.7. The van der Waals surface area contributed by atoms with Crippen LogP contribution >= 0.6 is 0 Å². The summed E-state index contributed by atoms with van der Waals surface area (Å²) in [5.74, 6) is -0.0864. The SMILES string of the molecule is CC(C)C1CN(C(=O)O)C1=O. The zero-order valence-electron chi connectivity index (χ0n) is 6.57. The summed E-state index contributed by atoms with van der Waals surface area (Å²) in [6.07, 6.45) is -1.13. The maximum atomic E-state index is 11.0. The second-order valence-corrected chi connectivity index (χ2v) is 3.08. The first kappa shape index (κ1) is 8.04. The molecular formula is C7H11NO3. The maximum absolute atomic E-state index is 11.0. The van der Waals surface area contributed by atoms with Gasteiger partial charge < -0.3 is 5.11 Å². The fraction of sp³-hybridized carbons (Fsp3) is 0.714. The summed E-state index contributed by atoms with van der Waals surface area (Å²) in [6.45, 7) is 4.20. The number of hydrogen-bond acceptors (Lipinski definition) is 2. The van der Waals surface area contributed by atoms with E-state index in [0.717, 1.165) is 4.90 Å². The summed E-state index contributed by atoms with van der Waals surface area (Å²) in [7, 11) is 0. The largest absolute Gasteiger partial charge is 0.465 e. The van der Waals surface area contributed by atoms with Crippen LogP contribution in [0, 0.1) is 11.8 Å². The van der Waals surface area contributed by atoms with Crippen molar-refractivity contribution in [3.05, 3.63) is 0 Å². The molecule has 62 valence electrons. The molecule has 2 amide bonds. The standard InChI is InChI=1S/C7H11NO3/c1-4(2)5-3-8(6(5)9)7(10)11/h4-5H,3H2,1-2H3,(H,10,11). The van der Waals surface area contributed by atoms with Gasteiger partial charge in [-0.05, 0) is 5.92 Å². The van der Waals surface area contributed by atoms with E-state index in [0.29, 0.717) is 6.54 Å². The van der Waals surface area contributed by atoms with Crippen LogP contribution in [0.2, 0.25) is 0 Å². The number of nitrogens with zero attached hydrogens (tertiary/aromatic N) is 1. The van der Waals surface area contributed by atoms with Gasteiger partial charge in [0, 0.05) is 6.54 Å². The third-order valence-corrected chi connectivity index (χ3v) is 2.00. The molecule has 1 atom stereocenters. The van der Waals surface area contributed by atoms with Gasteiger partial charge in [-0.25, -0.2) is 9.69 Å². The predicted molar refractivity (Wildman–Crippen MR) is 38.1 cm³/mol. The first-order chi connectivity index (χ1) is 5.04. The molecule has 0 aromatic heterocycles. The Morgan fingerprint density at radius 1 is 1.73 bits per heavy atom. The van der Waals surface area contributed by atoms with Crippen LogP contribution in [0.5, 0.6) is 0 Å². The van der Waals surface area contributed by atoms with Crippen LogP contribution < -0.4 is 0 Å². The van der Waals surface area contributed by atoms with E-state index in [4.69, 9.17) is 5.11 Å². The summed E-state index contributed by atoms with van der Waals surface area (Å²) in [5.41, 5.74) is 0. The number of imide groups is 1. The van der Waals surface area contributed by atoms with Gasteiger partial charge in [0.05, 0.1) is 5.92 Å². The van der Waals surface area contributed by atoms with Crippen LogP contribution in [0.4, 0.5) is 4.79 Å². The number of β-lactam (4-membered cyclic amide) rings is 1. The van der Waals surface area contributed by atoms with Crippen molar-refractivity contribution < 1.29 is 14.7 Å². The molecule has 0 aromatic carbocycles. The number of likely N-dealkylation sites (tertiary alicyclic amines) is 1. The fourth-order valence-corrected chi connectivity index (χ4v) is 1.12. The Balaban J connectivity index is 2.51. The van der Waals surface area contributed by atoms with Gasteiger partial charge in [-0.1, -0.05) is 13.8 Å². The second-order valence-electron chi connectivity index (χ2n) is 3.08. The highest BCUT2D eigenvalue weighted by molar-refractivity contribution is 5.97. The highest BCUT2D eigenvalue weighted by Crippen LogP contribution is 2.24. The minimum atomic E-state index is -1.13. The zero-order chi connectivity index (χ0) is 8.59. The number of carbonyl (C=O) groups is 2. The molecule has 0 saturated carbocycles. The molecule has 4 heteroatoms. The lowest BCUT2D eigenvalue weighted by Gasteiger charge is -2.36. The van der Waals surface area contributed by atoms with Crippen LogP contribution in [0.3, 0.4) is 0 Å². The maximum Gasteiger partial charge on any atom is 0.414 e. The number of carboxylic acid groups (broad SMARTS) is 1. The van der Waals surface area contributed by atoms with Crippen molar-refractivity contribution >= 4 is 12.0 Å². The lowest BCUT2D eigenvalue weighted by Crippen LogP contribution is -2.56. The van der Waals surface area contributed by atoms with Gasteiger partial charge in [-0.2, -0.15) is 0 Å². The summed E-state index contributed by atoms with van der Waals surface area (Å²) >= 11 is 0. The molecule has 1 fully saturated rings.